The van der Waals surface area contributed by atoms with Crippen molar-refractivity contribution in [3.63, 3.8) is 0 Å². The van der Waals surface area contributed by atoms with Gasteiger partial charge in [0.1, 0.15) is 10.8 Å². The molecule has 0 bridgehead atoms. The highest BCUT2D eigenvalue weighted by Gasteiger charge is 2.36. The summed E-state index contributed by atoms with van der Waals surface area (Å²) in [4.78, 5) is 16.6. The van der Waals surface area contributed by atoms with E-state index in [2.05, 4.69) is 15.0 Å². The summed E-state index contributed by atoms with van der Waals surface area (Å²) in [5.74, 6) is 0.429. The third-order valence-electron chi connectivity index (χ3n) is 4.91. The number of halogens is 4. The predicted molar refractivity (Wildman–Crippen MR) is 106 cm³/mol. The van der Waals surface area contributed by atoms with Gasteiger partial charge in [-0.1, -0.05) is 11.6 Å². The molecule has 2 saturated heterocycles. The molecular weight excluding hydrogens is 425 g/mol. The zero-order chi connectivity index (χ0) is 21.3. The lowest BCUT2D eigenvalue weighted by molar-refractivity contribution is -0.137. The first-order valence-electron chi connectivity index (χ1n) is 9.40. The number of aromatic nitrogens is 3. The highest BCUT2D eigenvalue weighted by Crippen LogP contribution is 2.42. The molecule has 30 heavy (non-hydrogen) atoms. The van der Waals surface area contributed by atoms with Crippen molar-refractivity contribution in [1.29, 1.82) is 0 Å². The minimum Gasteiger partial charge on any atom is -0.384 e. The number of nitrogens with zero attached hydrogens (tertiary/aromatic N) is 5. The molecular formula is C18H20ClF3N6O2. The predicted octanol–water partition coefficient (Wildman–Crippen LogP) is 2.47. The fourth-order valence-corrected chi connectivity index (χ4v) is 3.69. The van der Waals surface area contributed by atoms with Crippen molar-refractivity contribution in [2.45, 2.75) is 6.18 Å². The van der Waals surface area contributed by atoms with Gasteiger partial charge in [-0.2, -0.15) is 18.2 Å². The van der Waals surface area contributed by atoms with Gasteiger partial charge in [-0.15, -0.1) is 0 Å². The van der Waals surface area contributed by atoms with Crippen LogP contribution in [0.15, 0.2) is 12.3 Å². The average molecular weight is 445 g/mol. The summed E-state index contributed by atoms with van der Waals surface area (Å²) >= 11 is 6.57. The molecule has 2 aliphatic rings. The maximum atomic E-state index is 13.7. The van der Waals surface area contributed by atoms with Gasteiger partial charge in [0.2, 0.25) is 5.95 Å². The number of nitrogens with two attached hydrogens (primary N) is 1. The van der Waals surface area contributed by atoms with E-state index in [1.54, 1.807) is 0 Å². The van der Waals surface area contributed by atoms with E-state index in [9.17, 15) is 13.2 Å². The minimum absolute atomic E-state index is 0.0329. The number of rotatable bonds is 3. The van der Waals surface area contributed by atoms with Crippen LogP contribution in [0.2, 0.25) is 5.02 Å². The van der Waals surface area contributed by atoms with Crippen LogP contribution in [0.4, 0.5) is 30.8 Å². The molecule has 12 heteroatoms. The maximum absolute atomic E-state index is 13.7. The van der Waals surface area contributed by atoms with Crippen molar-refractivity contribution < 1.29 is 22.6 Å². The molecule has 0 radical (unpaired) electrons. The number of hydrogen-bond acceptors (Lipinski definition) is 8. The zero-order valence-electron chi connectivity index (χ0n) is 16.0. The summed E-state index contributed by atoms with van der Waals surface area (Å²) in [5, 5.41) is 0.0333. The molecule has 0 aliphatic carbocycles. The normalized spacial score (nSPS) is 18.0. The second kappa shape index (κ2) is 8.40. The molecule has 0 saturated carbocycles. The summed E-state index contributed by atoms with van der Waals surface area (Å²) < 4.78 is 51.9. The van der Waals surface area contributed by atoms with E-state index in [1.165, 1.54) is 0 Å². The van der Waals surface area contributed by atoms with Crippen molar-refractivity contribution >= 4 is 29.2 Å². The lowest BCUT2D eigenvalue weighted by Gasteiger charge is -2.32. The Morgan fingerprint density at radius 3 is 2.17 bits per heavy atom. The summed E-state index contributed by atoms with van der Waals surface area (Å²) in [6.07, 6.45) is -3.60. The SMILES string of the molecule is Nc1cc(C(F)(F)F)c(-c2nc(N3CCOCC3)nc(N3CCOCC3)c2Cl)cn1. The lowest BCUT2D eigenvalue weighted by Crippen LogP contribution is -2.39. The molecule has 0 amide bonds. The Kier molecular flexibility index (Phi) is 5.85. The molecule has 0 atom stereocenters. The van der Waals surface area contributed by atoms with Crippen molar-refractivity contribution in [3.05, 3.63) is 22.8 Å². The number of anilines is 3. The zero-order valence-corrected chi connectivity index (χ0v) is 16.7. The van der Waals surface area contributed by atoms with Gasteiger partial charge in [0.25, 0.3) is 0 Å². The highest BCUT2D eigenvalue weighted by molar-refractivity contribution is 6.35. The average Bonchev–Trinajstić information content (AvgIpc) is 2.75. The largest absolute Gasteiger partial charge is 0.417 e. The summed E-state index contributed by atoms with van der Waals surface area (Å²) in [6, 6.07) is 0.788. The fourth-order valence-electron chi connectivity index (χ4n) is 3.39. The van der Waals surface area contributed by atoms with Gasteiger partial charge in [-0.25, -0.2) is 9.97 Å². The van der Waals surface area contributed by atoms with Gasteiger partial charge in [-0.3, -0.25) is 0 Å². The summed E-state index contributed by atoms with van der Waals surface area (Å²) in [5.41, 5.74) is 4.29. The van der Waals surface area contributed by atoms with E-state index in [0.29, 0.717) is 64.4 Å². The van der Waals surface area contributed by atoms with Crippen molar-refractivity contribution in [2.75, 3.05) is 68.1 Å². The van der Waals surface area contributed by atoms with E-state index < -0.39 is 11.7 Å². The van der Waals surface area contributed by atoms with E-state index in [-0.39, 0.29) is 22.1 Å². The Bertz CT molecular complexity index is 918. The number of nitrogen functional groups attached to an aromatic ring is 1. The van der Waals surface area contributed by atoms with Crippen molar-refractivity contribution in [1.82, 2.24) is 15.0 Å². The first-order chi connectivity index (χ1) is 14.3. The molecule has 4 heterocycles. The van der Waals surface area contributed by atoms with Crippen LogP contribution >= 0.6 is 11.6 Å². The Hall–Kier alpha value is -2.37. The van der Waals surface area contributed by atoms with Crippen LogP contribution in [0.25, 0.3) is 11.3 Å². The summed E-state index contributed by atoms with van der Waals surface area (Å²) in [7, 11) is 0. The highest BCUT2D eigenvalue weighted by atomic mass is 35.5. The molecule has 162 valence electrons. The first kappa shape index (κ1) is 20.9. The van der Waals surface area contributed by atoms with E-state index >= 15 is 0 Å². The van der Waals surface area contributed by atoms with Gasteiger partial charge >= 0.3 is 6.18 Å². The third kappa shape index (κ3) is 4.23. The molecule has 2 aromatic heterocycles. The van der Waals surface area contributed by atoms with Gasteiger partial charge in [0.05, 0.1) is 37.7 Å². The second-order valence-electron chi connectivity index (χ2n) is 6.86. The van der Waals surface area contributed by atoms with Crippen LogP contribution in [0.3, 0.4) is 0 Å². The molecule has 2 aromatic rings. The fraction of sp³-hybridized carbons (Fsp3) is 0.500. The van der Waals surface area contributed by atoms with Gasteiger partial charge in [0, 0.05) is 37.9 Å². The lowest BCUT2D eigenvalue weighted by atomic mass is 10.1. The molecule has 2 aliphatic heterocycles. The third-order valence-corrected chi connectivity index (χ3v) is 5.26. The smallest absolute Gasteiger partial charge is 0.384 e. The molecule has 8 nitrogen and oxygen atoms in total. The van der Waals surface area contributed by atoms with Crippen molar-refractivity contribution in [2.24, 2.45) is 0 Å². The Labute approximate surface area is 175 Å². The molecule has 0 aromatic carbocycles. The number of alkyl halides is 3. The Balaban J connectivity index is 1.88. The molecule has 2 fully saturated rings. The van der Waals surface area contributed by atoms with Gasteiger partial charge < -0.3 is 25.0 Å². The number of morpholine rings is 2. The summed E-state index contributed by atoms with van der Waals surface area (Å²) in [6.45, 7) is 3.98. The number of ether oxygens (including phenoxy) is 2. The van der Waals surface area contributed by atoms with Gasteiger partial charge in [0.15, 0.2) is 5.82 Å². The standard InChI is InChI=1S/C18H20ClF3N6O2/c19-14-15(11-10-24-13(23)9-12(11)18(20,21)22)25-17(28-3-7-30-8-4-28)26-16(14)27-1-5-29-6-2-27/h9-10H,1-8H2,(H2,23,24). The van der Waals surface area contributed by atoms with E-state index in [1.807, 2.05) is 9.80 Å². The van der Waals surface area contributed by atoms with E-state index in [0.717, 1.165) is 12.3 Å². The van der Waals surface area contributed by atoms with Crippen LogP contribution < -0.4 is 15.5 Å². The quantitative estimate of drug-likeness (QED) is 0.772. The maximum Gasteiger partial charge on any atom is 0.417 e. The first-order valence-corrected chi connectivity index (χ1v) is 9.78. The number of hydrogen-bond donors (Lipinski definition) is 1. The second-order valence-corrected chi connectivity index (χ2v) is 7.24. The number of pyridine rings is 1. The van der Waals surface area contributed by atoms with Crippen LogP contribution in [0.5, 0.6) is 0 Å². The molecule has 2 N–H and O–H groups in total. The topological polar surface area (TPSA) is 89.6 Å². The van der Waals surface area contributed by atoms with Gasteiger partial charge in [-0.05, 0) is 6.07 Å². The Morgan fingerprint density at radius 2 is 1.57 bits per heavy atom. The molecule has 0 unspecified atom stereocenters. The van der Waals surface area contributed by atoms with Crippen LogP contribution in [0.1, 0.15) is 5.56 Å². The minimum atomic E-state index is -4.65. The van der Waals surface area contributed by atoms with Crippen molar-refractivity contribution in [3.8, 4) is 11.3 Å². The van der Waals surface area contributed by atoms with Crippen LogP contribution in [-0.2, 0) is 15.7 Å². The molecule has 4 rings (SSSR count). The molecule has 0 spiro atoms. The van der Waals surface area contributed by atoms with E-state index in [4.69, 9.17) is 26.8 Å². The Morgan fingerprint density at radius 1 is 0.967 bits per heavy atom. The van der Waals surface area contributed by atoms with Crippen LogP contribution in [-0.4, -0.2) is 67.6 Å². The monoisotopic (exact) mass is 444 g/mol. The van der Waals surface area contributed by atoms with Crippen LogP contribution in [0, 0.1) is 0 Å².